The molecule has 0 saturated carbocycles. The first kappa shape index (κ1) is 12.5. The fraction of sp³-hybridized carbons (Fsp3) is 0. The van der Waals surface area contributed by atoms with E-state index in [2.05, 4.69) is 4.98 Å². The monoisotopic (exact) mass is 265 g/mol. The first-order valence-corrected chi connectivity index (χ1v) is 5.82. The van der Waals surface area contributed by atoms with Crippen molar-refractivity contribution < 1.29 is 8.78 Å². The van der Waals surface area contributed by atoms with Gasteiger partial charge in [-0.2, -0.15) is 0 Å². The zero-order chi connectivity index (χ0) is 13.1. The highest BCUT2D eigenvalue weighted by molar-refractivity contribution is 7.99. The molecule has 3 N–H and O–H groups in total. The minimum absolute atomic E-state index is 0.156. The topological polar surface area (TPSA) is 62.8 Å². The summed E-state index contributed by atoms with van der Waals surface area (Å²) in [4.78, 5) is 4.35. The third-order valence-corrected chi connectivity index (χ3v) is 3.10. The molecule has 0 aliphatic carbocycles. The van der Waals surface area contributed by atoms with Crippen LogP contribution in [0.2, 0.25) is 0 Å². The van der Waals surface area contributed by atoms with Gasteiger partial charge in [0.1, 0.15) is 28.2 Å². The summed E-state index contributed by atoms with van der Waals surface area (Å²) >= 11 is 1.05. The van der Waals surface area contributed by atoms with Crippen LogP contribution in [0.4, 0.5) is 8.78 Å². The van der Waals surface area contributed by atoms with E-state index in [4.69, 9.17) is 11.1 Å². The van der Waals surface area contributed by atoms with Gasteiger partial charge >= 0.3 is 0 Å². The molecular formula is C12H9F2N3S. The zero-order valence-corrected chi connectivity index (χ0v) is 9.97. The minimum Gasteiger partial charge on any atom is -0.382 e. The van der Waals surface area contributed by atoms with Gasteiger partial charge in [-0.1, -0.05) is 17.8 Å². The van der Waals surface area contributed by atoms with Gasteiger partial charge in [0.25, 0.3) is 0 Å². The molecule has 0 fully saturated rings. The number of halogens is 2. The molecule has 0 atom stereocenters. The van der Waals surface area contributed by atoms with Crippen LogP contribution in [0.15, 0.2) is 46.3 Å². The van der Waals surface area contributed by atoms with E-state index in [9.17, 15) is 8.78 Å². The van der Waals surface area contributed by atoms with E-state index in [1.807, 2.05) is 0 Å². The Balaban J connectivity index is 2.28. The van der Waals surface area contributed by atoms with Crippen molar-refractivity contribution in [3.63, 3.8) is 0 Å². The number of nitrogens with one attached hydrogen (secondary N) is 1. The van der Waals surface area contributed by atoms with Gasteiger partial charge < -0.3 is 5.73 Å². The maximum absolute atomic E-state index is 13.4. The highest BCUT2D eigenvalue weighted by Gasteiger charge is 2.07. The van der Waals surface area contributed by atoms with E-state index >= 15 is 0 Å². The maximum atomic E-state index is 13.4. The third kappa shape index (κ3) is 2.84. The fourth-order valence-electron chi connectivity index (χ4n) is 1.29. The van der Waals surface area contributed by atoms with Crippen LogP contribution in [0.1, 0.15) is 5.69 Å². The molecule has 18 heavy (non-hydrogen) atoms. The first-order chi connectivity index (χ1) is 8.56. The lowest BCUT2D eigenvalue weighted by molar-refractivity contribution is 0.565. The summed E-state index contributed by atoms with van der Waals surface area (Å²) in [5.41, 5.74) is 5.64. The van der Waals surface area contributed by atoms with Crippen molar-refractivity contribution in [1.82, 2.24) is 4.98 Å². The van der Waals surface area contributed by atoms with Gasteiger partial charge in [0.15, 0.2) is 0 Å². The Kier molecular flexibility index (Phi) is 3.57. The maximum Gasteiger partial charge on any atom is 0.141 e. The van der Waals surface area contributed by atoms with E-state index in [1.165, 1.54) is 12.1 Å². The molecule has 0 saturated heterocycles. The smallest absolute Gasteiger partial charge is 0.141 e. The van der Waals surface area contributed by atoms with Crippen LogP contribution in [0.25, 0.3) is 0 Å². The fourth-order valence-corrected chi connectivity index (χ4v) is 2.10. The molecule has 2 aromatic rings. The second-order valence-corrected chi connectivity index (χ2v) is 4.51. The summed E-state index contributed by atoms with van der Waals surface area (Å²) in [5.74, 6) is -1.42. The molecule has 1 aromatic heterocycles. The predicted molar refractivity (Wildman–Crippen MR) is 65.7 cm³/mol. The second-order valence-electron chi connectivity index (χ2n) is 3.45. The van der Waals surface area contributed by atoms with Crippen molar-refractivity contribution in [2.75, 3.05) is 0 Å². The van der Waals surface area contributed by atoms with Crippen molar-refractivity contribution in [3.05, 3.63) is 53.7 Å². The number of nitrogens with zero attached hydrogens (tertiary/aromatic N) is 1. The van der Waals surface area contributed by atoms with E-state index in [1.54, 1.807) is 18.2 Å². The Labute approximate surface area is 107 Å². The van der Waals surface area contributed by atoms with E-state index < -0.39 is 11.6 Å². The van der Waals surface area contributed by atoms with E-state index in [0.29, 0.717) is 10.7 Å². The molecule has 2 rings (SSSR count). The van der Waals surface area contributed by atoms with Gasteiger partial charge in [-0.25, -0.2) is 13.8 Å². The van der Waals surface area contributed by atoms with Crippen molar-refractivity contribution in [2.45, 2.75) is 9.92 Å². The molecular weight excluding hydrogens is 256 g/mol. The Morgan fingerprint density at radius 1 is 1.22 bits per heavy atom. The molecule has 1 aromatic carbocycles. The lowest BCUT2D eigenvalue weighted by Crippen LogP contribution is -2.12. The minimum atomic E-state index is -0.643. The Morgan fingerprint density at radius 3 is 2.67 bits per heavy atom. The SMILES string of the molecule is N=C(N)c1cccc(Sc2ccc(F)cc2F)n1. The number of hydrogen-bond donors (Lipinski definition) is 2. The van der Waals surface area contributed by atoms with Crippen molar-refractivity contribution >= 4 is 17.6 Å². The van der Waals surface area contributed by atoms with Crippen LogP contribution in [-0.4, -0.2) is 10.8 Å². The molecule has 6 heteroatoms. The highest BCUT2D eigenvalue weighted by atomic mass is 32.2. The van der Waals surface area contributed by atoms with Gasteiger partial charge in [-0.3, -0.25) is 5.41 Å². The number of nitrogen functional groups attached to an aromatic ring is 1. The van der Waals surface area contributed by atoms with Crippen LogP contribution < -0.4 is 5.73 Å². The number of rotatable bonds is 3. The van der Waals surface area contributed by atoms with Gasteiger partial charge in [0, 0.05) is 11.0 Å². The van der Waals surface area contributed by atoms with E-state index in [0.717, 1.165) is 17.8 Å². The van der Waals surface area contributed by atoms with E-state index in [-0.39, 0.29) is 10.7 Å². The molecule has 0 amide bonds. The van der Waals surface area contributed by atoms with Gasteiger partial charge in [0.05, 0.1) is 0 Å². The number of benzene rings is 1. The summed E-state index contributed by atoms with van der Waals surface area (Å²) in [7, 11) is 0. The molecule has 92 valence electrons. The number of pyridine rings is 1. The molecule has 0 bridgehead atoms. The zero-order valence-electron chi connectivity index (χ0n) is 9.15. The standard InChI is InChI=1S/C12H9F2N3S/c13-7-4-5-10(8(14)6-7)18-11-3-1-2-9(17-11)12(15)16/h1-6H,(H3,15,16). The lowest BCUT2D eigenvalue weighted by atomic mass is 10.3. The van der Waals surface area contributed by atoms with Crippen LogP contribution >= 0.6 is 11.8 Å². The average Bonchev–Trinajstić information content (AvgIpc) is 2.33. The van der Waals surface area contributed by atoms with Gasteiger partial charge in [-0.05, 0) is 24.3 Å². The Morgan fingerprint density at radius 2 is 2.00 bits per heavy atom. The summed E-state index contributed by atoms with van der Waals surface area (Å²) in [6.07, 6.45) is 0. The number of nitrogens with two attached hydrogens (primary N) is 1. The normalized spacial score (nSPS) is 10.3. The summed E-state index contributed by atoms with van der Waals surface area (Å²) < 4.78 is 26.2. The Bertz CT molecular complexity index is 602. The summed E-state index contributed by atoms with van der Waals surface area (Å²) in [6.45, 7) is 0. The first-order valence-electron chi connectivity index (χ1n) is 5.00. The third-order valence-electron chi connectivity index (χ3n) is 2.11. The molecule has 3 nitrogen and oxygen atoms in total. The largest absolute Gasteiger partial charge is 0.382 e. The highest BCUT2D eigenvalue weighted by Crippen LogP contribution is 2.28. The predicted octanol–water partition coefficient (Wildman–Crippen LogP) is 2.80. The Hall–Kier alpha value is -1.95. The van der Waals surface area contributed by atoms with Crippen molar-refractivity contribution in [2.24, 2.45) is 5.73 Å². The average molecular weight is 265 g/mol. The molecule has 0 unspecified atom stereocenters. The number of hydrogen-bond acceptors (Lipinski definition) is 3. The van der Waals surface area contributed by atoms with Crippen molar-refractivity contribution in [1.29, 1.82) is 5.41 Å². The quantitative estimate of drug-likeness (QED) is 0.662. The molecule has 0 aliphatic heterocycles. The van der Waals surface area contributed by atoms with Gasteiger partial charge in [-0.15, -0.1) is 0 Å². The number of aromatic nitrogens is 1. The molecule has 0 spiro atoms. The lowest BCUT2D eigenvalue weighted by Gasteiger charge is -2.04. The second kappa shape index (κ2) is 5.14. The van der Waals surface area contributed by atoms with Crippen LogP contribution in [-0.2, 0) is 0 Å². The molecule has 0 aliphatic rings. The van der Waals surface area contributed by atoms with Crippen LogP contribution in [0, 0.1) is 17.0 Å². The van der Waals surface area contributed by atoms with Crippen LogP contribution in [0.5, 0.6) is 0 Å². The van der Waals surface area contributed by atoms with Crippen LogP contribution in [0.3, 0.4) is 0 Å². The van der Waals surface area contributed by atoms with Gasteiger partial charge in [0.2, 0.25) is 0 Å². The molecule has 1 heterocycles. The van der Waals surface area contributed by atoms with Crippen molar-refractivity contribution in [3.8, 4) is 0 Å². The summed E-state index contributed by atoms with van der Waals surface area (Å²) in [6, 6.07) is 8.27. The summed E-state index contributed by atoms with van der Waals surface area (Å²) in [5, 5.41) is 7.76. The molecule has 0 radical (unpaired) electrons. The number of amidine groups is 1.